The Kier molecular flexibility index (Phi) is 4.35. The van der Waals surface area contributed by atoms with Gasteiger partial charge in [-0.05, 0) is 57.6 Å². The fraction of sp³-hybridized carbons (Fsp3) is 0.0526. The fourth-order valence-corrected chi connectivity index (χ4v) is 7.27. The first-order valence-electron chi connectivity index (χ1n) is 13.9. The Balaban J connectivity index is 1.28. The topological polar surface area (TPSA) is 53.6 Å². The highest BCUT2D eigenvalue weighted by molar-refractivity contribution is 6.06. The zero-order chi connectivity index (χ0) is 27.3. The number of aliphatic hydroxyl groups is 2. The van der Waals surface area contributed by atoms with Crippen molar-refractivity contribution in [2.24, 2.45) is 0 Å². The summed E-state index contributed by atoms with van der Waals surface area (Å²) in [5.41, 5.74) is 8.17. The number of fused-ring (bicyclic) bond motifs is 9. The first-order chi connectivity index (χ1) is 20.1. The van der Waals surface area contributed by atoms with Gasteiger partial charge in [-0.15, -0.1) is 0 Å². The highest BCUT2D eigenvalue weighted by atomic mass is 16.3. The summed E-state index contributed by atoms with van der Waals surface area (Å²) in [4.78, 5) is 0. The molecule has 2 aliphatic rings. The lowest BCUT2D eigenvalue weighted by atomic mass is 9.83. The molecule has 0 bridgehead atoms. The van der Waals surface area contributed by atoms with Gasteiger partial charge in [-0.25, -0.2) is 0 Å². The molecule has 0 aliphatic heterocycles. The Morgan fingerprint density at radius 2 is 0.707 bits per heavy atom. The Morgan fingerprint density at radius 3 is 1.05 bits per heavy atom. The zero-order valence-electron chi connectivity index (χ0n) is 22.0. The lowest BCUT2D eigenvalue weighted by Crippen LogP contribution is -2.26. The van der Waals surface area contributed by atoms with Gasteiger partial charge in [-0.2, -0.15) is 0 Å². The second-order valence-electron chi connectivity index (χ2n) is 11.1. The summed E-state index contributed by atoms with van der Waals surface area (Å²) in [5.74, 6) is 0. The molecule has 7 aromatic rings. The molecule has 2 N–H and O–H groups in total. The van der Waals surface area contributed by atoms with E-state index in [0.29, 0.717) is 0 Å². The van der Waals surface area contributed by atoms with E-state index in [2.05, 4.69) is 24.3 Å². The first-order valence-corrected chi connectivity index (χ1v) is 13.9. The number of rotatable bonds is 2. The molecule has 0 atom stereocenters. The van der Waals surface area contributed by atoms with Crippen molar-refractivity contribution in [3.05, 3.63) is 167 Å². The van der Waals surface area contributed by atoms with Gasteiger partial charge in [0.2, 0.25) is 0 Å². The Labute approximate surface area is 236 Å². The van der Waals surface area contributed by atoms with Gasteiger partial charge < -0.3 is 14.6 Å². The van der Waals surface area contributed by atoms with Gasteiger partial charge in [0.1, 0.15) is 22.4 Å². The largest absolute Gasteiger partial charge is 0.456 e. The molecule has 0 amide bonds. The van der Waals surface area contributed by atoms with Crippen LogP contribution in [0.1, 0.15) is 33.4 Å². The summed E-state index contributed by atoms with van der Waals surface area (Å²) in [7, 11) is 0. The quantitative estimate of drug-likeness (QED) is 0.238. The highest BCUT2D eigenvalue weighted by Gasteiger charge is 2.44. The molecular formula is C38H24O3. The summed E-state index contributed by atoms with van der Waals surface area (Å²) < 4.78 is 6.27. The molecule has 3 heteroatoms. The van der Waals surface area contributed by atoms with Gasteiger partial charge in [0, 0.05) is 33.0 Å². The average Bonchev–Trinajstić information content (AvgIpc) is 3.63. The van der Waals surface area contributed by atoms with Crippen LogP contribution in [0.5, 0.6) is 0 Å². The Bertz CT molecular complexity index is 1960. The van der Waals surface area contributed by atoms with Crippen LogP contribution in [-0.2, 0) is 11.2 Å². The van der Waals surface area contributed by atoms with Gasteiger partial charge in [0.05, 0.1) is 0 Å². The molecule has 2 aliphatic carbocycles. The van der Waals surface area contributed by atoms with Crippen LogP contribution in [0.25, 0.3) is 44.2 Å². The first kappa shape index (κ1) is 22.8. The van der Waals surface area contributed by atoms with Gasteiger partial charge >= 0.3 is 0 Å². The van der Waals surface area contributed by atoms with Crippen LogP contribution in [0, 0.1) is 0 Å². The van der Waals surface area contributed by atoms with E-state index in [1.54, 1.807) is 0 Å². The molecular weight excluding hydrogens is 504 g/mol. The molecule has 0 spiro atoms. The van der Waals surface area contributed by atoms with Crippen molar-refractivity contribution in [3.63, 3.8) is 0 Å². The summed E-state index contributed by atoms with van der Waals surface area (Å²) >= 11 is 0. The van der Waals surface area contributed by atoms with E-state index in [1.165, 1.54) is 0 Å². The van der Waals surface area contributed by atoms with Crippen molar-refractivity contribution in [3.8, 4) is 22.3 Å². The third kappa shape index (κ3) is 2.79. The second-order valence-corrected chi connectivity index (χ2v) is 11.1. The van der Waals surface area contributed by atoms with Crippen LogP contribution in [0.4, 0.5) is 0 Å². The molecule has 41 heavy (non-hydrogen) atoms. The Hall–Kier alpha value is -4.96. The number of hydrogen-bond donors (Lipinski definition) is 2. The normalized spacial score (nSPS) is 15.5. The van der Waals surface area contributed by atoms with E-state index < -0.39 is 11.2 Å². The molecule has 6 aromatic carbocycles. The number of benzene rings is 6. The van der Waals surface area contributed by atoms with E-state index in [0.717, 1.165) is 77.6 Å². The van der Waals surface area contributed by atoms with Crippen molar-refractivity contribution in [2.45, 2.75) is 11.2 Å². The molecule has 9 rings (SSSR count). The Morgan fingerprint density at radius 1 is 0.390 bits per heavy atom. The lowest BCUT2D eigenvalue weighted by molar-refractivity contribution is 0.130. The third-order valence-electron chi connectivity index (χ3n) is 9.15. The molecule has 0 saturated carbocycles. The maximum absolute atomic E-state index is 12.5. The van der Waals surface area contributed by atoms with Crippen molar-refractivity contribution in [1.29, 1.82) is 0 Å². The molecule has 0 radical (unpaired) electrons. The van der Waals surface area contributed by atoms with Crippen molar-refractivity contribution in [1.82, 2.24) is 0 Å². The monoisotopic (exact) mass is 528 g/mol. The molecule has 194 valence electrons. The minimum absolute atomic E-state index is 0.739. The molecule has 1 heterocycles. The summed E-state index contributed by atoms with van der Waals surface area (Å²) in [6.07, 6.45) is 0. The van der Waals surface area contributed by atoms with Crippen LogP contribution in [-0.4, -0.2) is 10.2 Å². The molecule has 0 fully saturated rings. The van der Waals surface area contributed by atoms with Gasteiger partial charge in [0.15, 0.2) is 0 Å². The minimum atomic E-state index is -1.29. The minimum Gasteiger partial charge on any atom is -0.456 e. The van der Waals surface area contributed by atoms with E-state index >= 15 is 0 Å². The standard InChI is InChI=1S/C38H24O3/c39-37(31-13-5-1-9-25(31)26-10-2-6-14-32(26)37)23-17-19-35-29(21-23)30-22-24(18-20-36(30)41-35)38(40)33-15-7-3-11-27(33)28-12-4-8-16-34(28)38/h1-22,39-40H. The van der Waals surface area contributed by atoms with Crippen LogP contribution in [0.15, 0.2) is 138 Å². The van der Waals surface area contributed by atoms with Gasteiger partial charge in [0.25, 0.3) is 0 Å². The van der Waals surface area contributed by atoms with Crippen molar-refractivity contribution in [2.75, 3.05) is 0 Å². The fourth-order valence-electron chi connectivity index (χ4n) is 7.27. The van der Waals surface area contributed by atoms with E-state index in [4.69, 9.17) is 4.42 Å². The third-order valence-corrected chi connectivity index (χ3v) is 9.15. The van der Waals surface area contributed by atoms with E-state index in [9.17, 15) is 10.2 Å². The molecule has 0 unspecified atom stereocenters. The summed E-state index contributed by atoms with van der Waals surface area (Å²) in [5, 5.41) is 26.7. The highest BCUT2D eigenvalue weighted by Crippen LogP contribution is 2.53. The van der Waals surface area contributed by atoms with Gasteiger partial charge in [-0.3, -0.25) is 0 Å². The summed E-state index contributed by atoms with van der Waals surface area (Å²) in [6.45, 7) is 0. The second kappa shape index (κ2) is 7.82. The number of furan rings is 1. The molecule has 3 nitrogen and oxygen atoms in total. The maximum atomic E-state index is 12.5. The van der Waals surface area contributed by atoms with Crippen LogP contribution in [0.2, 0.25) is 0 Å². The average molecular weight is 529 g/mol. The van der Waals surface area contributed by atoms with Crippen LogP contribution in [0.3, 0.4) is 0 Å². The van der Waals surface area contributed by atoms with Crippen molar-refractivity contribution >= 4 is 21.9 Å². The van der Waals surface area contributed by atoms with Crippen LogP contribution < -0.4 is 0 Å². The van der Waals surface area contributed by atoms with E-state index in [1.807, 2.05) is 109 Å². The van der Waals surface area contributed by atoms with Crippen LogP contribution >= 0.6 is 0 Å². The smallest absolute Gasteiger partial charge is 0.141 e. The molecule has 1 aromatic heterocycles. The van der Waals surface area contributed by atoms with E-state index in [-0.39, 0.29) is 0 Å². The van der Waals surface area contributed by atoms with Crippen molar-refractivity contribution < 1.29 is 14.6 Å². The SMILES string of the molecule is OC1(c2ccc3oc4ccc(C5(O)c6ccccc6-c6ccccc65)cc4c3c2)c2ccccc2-c2ccccc21. The summed E-state index contributed by atoms with van der Waals surface area (Å²) in [6, 6.07) is 44.2. The predicted molar refractivity (Wildman–Crippen MR) is 162 cm³/mol. The maximum Gasteiger partial charge on any atom is 0.141 e. The number of hydrogen-bond acceptors (Lipinski definition) is 3. The lowest BCUT2D eigenvalue weighted by Gasteiger charge is -2.27. The predicted octanol–water partition coefficient (Wildman–Crippen LogP) is 8.12. The van der Waals surface area contributed by atoms with Gasteiger partial charge in [-0.1, -0.05) is 109 Å². The molecule has 0 saturated heterocycles. The zero-order valence-corrected chi connectivity index (χ0v) is 22.0.